The van der Waals surface area contributed by atoms with Crippen molar-refractivity contribution in [2.24, 2.45) is 0 Å². The summed E-state index contributed by atoms with van der Waals surface area (Å²) in [7, 11) is -0.568. The zero-order valence-electron chi connectivity index (χ0n) is 9.35. The van der Waals surface area contributed by atoms with Gasteiger partial charge in [-0.2, -0.15) is 0 Å². The van der Waals surface area contributed by atoms with E-state index in [-0.39, 0.29) is 0 Å². The quantitative estimate of drug-likeness (QED) is 0.628. The smallest absolute Gasteiger partial charge is 0.152 e. The number of likely N-dealkylation sites (tertiary alicyclic amines) is 1. The standard InChI is InChI=1S/C10H20N2O2S/c1-11-4-2-10(3-5-11)12-6-8-15(13,14)9-7-12/h10H,2-9H2,1H3. The van der Waals surface area contributed by atoms with Crippen LogP contribution in [0.5, 0.6) is 0 Å². The van der Waals surface area contributed by atoms with Gasteiger partial charge in [0.1, 0.15) is 0 Å². The van der Waals surface area contributed by atoms with Crippen molar-refractivity contribution in [3.63, 3.8) is 0 Å². The fraction of sp³-hybridized carbons (Fsp3) is 1.00. The van der Waals surface area contributed by atoms with Crippen LogP contribution in [-0.4, -0.2) is 69.0 Å². The number of hydrogen-bond donors (Lipinski definition) is 0. The van der Waals surface area contributed by atoms with Gasteiger partial charge in [-0.3, -0.25) is 4.90 Å². The second kappa shape index (κ2) is 4.39. The van der Waals surface area contributed by atoms with E-state index in [0.717, 1.165) is 26.2 Å². The Kier molecular flexibility index (Phi) is 3.33. The van der Waals surface area contributed by atoms with E-state index in [2.05, 4.69) is 16.8 Å². The Hall–Kier alpha value is -0.130. The van der Waals surface area contributed by atoms with Crippen molar-refractivity contribution in [3.05, 3.63) is 0 Å². The molecule has 2 saturated heterocycles. The first-order valence-electron chi connectivity index (χ1n) is 5.70. The summed E-state index contributed by atoms with van der Waals surface area (Å²) in [5, 5.41) is 0. The predicted octanol–water partition coefficient (Wildman–Crippen LogP) is -0.189. The molecule has 0 atom stereocenters. The highest BCUT2D eigenvalue weighted by molar-refractivity contribution is 7.91. The third-order valence-electron chi connectivity index (χ3n) is 3.58. The highest BCUT2D eigenvalue weighted by Crippen LogP contribution is 2.17. The predicted molar refractivity (Wildman–Crippen MR) is 60.7 cm³/mol. The lowest BCUT2D eigenvalue weighted by Gasteiger charge is -2.38. The first-order valence-corrected chi connectivity index (χ1v) is 7.52. The molecular formula is C10H20N2O2S. The van der Waals surface area contributed by atoms with Gasteiger partial charge in [-0.05, 0) is 33.0 Å². The molecule has 2 heterocycles. The third-order valence-corrected chi connectivity index (χ3v) is 5.19. The molecule has 4 nitrogen and oxygen atoms in total. The van der Waals surface area contributed by atoms with E-state index < -0.39 is 9.84 Å². The van der Waals surface area contributed by atoms with Crippen LogP contribution in [0.1, 0.15) is 12.8 Å². The summed E-state index contributed by atoms with van der Waals surface area (Å²) >= 11 is 0. The molecule has 88 valence electrons. The van der Waals surface area contributed by atoms with Crippen LogP contribution in [0.3, 0.4) is 0 Å². The van der Waals surface area contributed by atoms with Crippen molar-refractivity contribution in [2.75, 3.05) is 44.7 Å². The van der Waals surface area contributed by atoms with Gasteiger partial charge in [0, 0.05) is 19.1 Å². The van der Waals surface area contributed by atoms with Crippen LogP contribution in [0.4, 0.5) is 0 Å². The Bertz CT molecular complexity index is 293. The van der Waals surface area contributed by atoms with Crippen LogP contribution in [0, 0.1) is 0 Å². The van der Waals surface area contributed by atoms with Gasteiger partial charge in [-0.25, -0.2) is 8.42 Å². The van der Waals surface area contributed by atoms with E-state index in [1.165, 1.54) is 12.8 Å². The molecule has 2 rings (SSSR count). The molecule has 0 aromatic carbocycles. The van der Waals surface area contributed by atoms with Crippen molar-refractivity contribution in [1.82, 2.24) is 9.80 Å². The van der Waals surface area contributed by atoms with Crippen molar-refractivity contribution in [1.29, 1.82) is 0 Å². The highest BCUT2D eigenvalue weighted by Gasteiger charge is 2.28. The molecule has 2 fully saturated rings. The van der Waals surface area contributed by atoms with E-state index in [1.807, 2.05) is 0 Å². The van der Waals surface area contributed by atoms with Crippen LogP contribution in [0.15, 0.2) is 0 Å². The van der Waals surface area contributed by atoms with Crippen LogP contribution in [-0.2, 0) is 9.84 Å². The lowest BCUT2D eigenvalue weighted by Crippen LogP contribution is -2.49. The van der Waals surface area contributed by atoms with Crippen molar-refractivity contribution in [3.8, 4) is 0 Å². The molecule has 0 bridgehead atoms. The molecule has 0 N–H and O–H groups in total. The molecule has 0 aliphatic carbocycles. The largest absolute Gasteiger partial charge is 0.306 e. The molecule has 0 aromatic heterocycles. The summed E-state index contributed by atoms with van der Waals surface area (Å²) in [6.07, 6.45) is 2.38. The van der Waals surface area contributed by atoms with Crippen LogP contribution in [0.2, 0.25) is 0 Å². The molecule has 5 heteroatoms. The monoisotopic (exact) mass is 232 g/mol. The summed E-state index contributed by atoms with van der Waals surface area (Å²) in [4.78, 5) is 4.71. The van der Waals surface area contributed by atoms with Crippen molar-refractivity contribution < 1.29 is 8.42 Å². The Labute approximate surface area is 92.2 Å². The maximum Gasteiger partial charge on any atom is 0.152 e. The van der Waals surface area contributed by atoms with Gasteiger partial charge in [-0.15, -0.1) is 0 Å². The zero-order valence-corrected chi connectivity index (χ0v) is 10.2. The topological polar surface area (TPSA) is 40.6 Å². The van der Waals surface area contributed by atoms with Gasteiger partial charge >= 0.3 is 0 Å². The van der Waals surface area contributed by atoms with Gasteiger partial charge in [0.15, 0.2) is 9.84 Å². The number of hydrogen-bond acceptors (Lipinski definition) is 4. The van der Waals surface area contributed by atoms with Gasteiger partial charge in [-0.1, -0.05) is 0 Å². The van der Waals surface area contributed by atoms with E-state index >= 15 is 0 Å². The van der Waals surface area contributed by atoms with E-state index in [4.69, 9.17) is 0 Å². The van der Waals surface area contributed by atoms with Crippen molar-refractivity contribution >= 4 is 9.84 Å². The maximum absolute atomic E-state index is 11.3. The van der Waals surface area contributed by atoms with E-state index in [1.54, 1.807) is 0 Å². The maximum atomic E-state index is 11.3. The second-order valence-electron chi connectivity index (χ2n) is 4.72. The zero-order chi connectivity index (χ0) is 10.9. The molecular weight excluding hydrogens is 212 g/mol. The summed E-state index contributed by atoms with van der Waals surface area (Å²) in [5.41, 5.74) is 0. The number of piperidine rings is 1. The summed E-state index contributed by atoms with van der Waals surface area (Å²) in [6, 6.07) is 0.622. The average Bonchev–Trinajstić information content (AvgIpc) is 2.20. The minimum atomic E-state index is -2.72. The fourth-order valence-corrected chi connectivity index (χ4v) is 3.68. The normalized spacial score (nSPS) is 30.5. The molecule has 0 saturated carbocycles. The Morgan fingerprint density at radius 1 is 1.00 bits per heavy atom. The van der Waals surface area contributed by atoms with Crippen LogP contribution in [0.25, 0.3) is 0 Å². The second-order valence-corrected chi connectivity index (χ2v) is 7.03. The average molecular weight is 232 g/mol. The molecule has 0 spiro atoms. The minimum Gasteiger partial charge on any atom is -0.306 e. The van der Waals surface area contributed by atoms with E-state index in [9.17, 15) is 8.42 Å². The van der Waals surface area contributed by atoms with Crippen molar-refractivity contribution in [2.45, 2.75) is 18.9 Å². The van der Waals surface area contributed by atoms with Crippen LogP contribution >= 0.6 is 0 Å². The van der Waals surface area contributed by atoms with Gasteiger partial charge < -0.3 is 4.90 Å². The SMILES string of the molecule is CN1CCC(N2CCS(=O)(=O)CC2)CC1. The summed E-state index contributed by atoms with van der Waals surface area (Å²) in [6.45, 7) is 3.79. The third kappa shape index (κ3) is 2.92. The number of nitrogens with zero attached hydrogens (tertiary/aromatic N) is 2. The number of sulfone groups is 1. The molecule has 0 radical (unpaired) electrons. The fourth-order valence-electron chi connectivity index (χ4n) is 2.45. The Morgan fingerprint density at radius 2 is 1.53 bits per heavy atom. The highest BCUT2D eigenvalue weighted by atomic mass is 32.2. The Morgan fingerprint density at radius 3 is 2.07 bits per heavy atom. The van der Waals surface area contributed by atoms with Crippen LogP contribution < -0.4 is 0 Å². The first kappa shape index (κ1) is 11.4. The molecule has 2 aliphatic rings. The van der Waals surface area contributed by atoms with E-state index in [0.29, 0.717) is 17.5 Å². The molecule has 0 unspecified atom stereocenters. The molecule has 15 heavy (non-hydrogen) atoms. The molecule has 0 aromatic rings. The van der Waals surface area contributed by atoms with Gasteiger partial charge in [0.05, 0.1) is 11.5 Å². The lowest BCUT2D eigenvalue weighted by atomic mass is 10.0. The van der Waals surface area contributed by atoms with Gasteiger partial charge in [0.2, 0.25) is 0 Å². The minimum absolute atomic E-state index is 0.360. The first-order chi connectivity index (χ1) is 7.07. The number of rotatable bonds is 1. The molecule has 2 aliphatic heterocycles. The molecule has 0 amide bonds. The summed E-state index contributed by atoms with van der Waals surface area (Å²) < 4.78 is 22.6. The summed E-state index contributed by atoms with van der Waals surface area (Å²) in [5.74, 6) is 0.721. The lowest BCUT2D eigenvalue weighted by molar-refractivity contribution is 0.129. The Balaban J connectivity index is 1.86. The van der Waals surface area contributed by atoms with Gasteiger partial charge in [0.25, 0.3) is 0 Å².